The fourth-order valence-electron chi connectivity index (χ4n) is 3.45. The van der Waals surface area contributed by atoms with Gasteiger partial charge in [0.1, 0.15) is 5.75 Å². The van der Waals surface area contributed by atoms with Gasteiger partial charge in [0.2, 0.25) is 10.0 Å². The average molecular weight is 482 g/mol. The fraction of sp³-hybridized carbons (Fsp3) is 0.381. The summed E-state index contributed by atoms with van der Waals surface area (Å²) < 4.78 is 40.5. The molecule has 0 N–H and O–H groups in total. The highest BCUT2D eigenvalue weighted by atomic mass is 35.5. The lowest BCUT2D eigenvalue weighted by Crippen LogP contribution is -2.40. The largest absolute Gasteiger partial charge is 0.491 e. The molecule has 0 aliphatic carbocycles. The summed E-state index contributed by atoms with van der Waals surface area (Å²) in [6.07, 6.45) is 0. The number of ether oxygens (including phenoxy) is 2. The molecule has 1 aromatic heterocycles. The van der Waals surface area contributed by atoms with Crippen molar-refractivity contribution in [1.29, 1.82) is 0 Å². The van der Waals surface area contributed by atoms with Crippen LogP contribution >= 0.6 is 23.4 Å². The minimum atomic E-state index is -3.55. The van der Waals surface area contributed by atoms with Gasteiger partial charge in [0.25, 0.3) is 0 Å². The van der Waals surface area contributed by atoms with Crippen LogP contribution in [0.5, 0.6) is 5.75 Å². The van der Waals surface area contributed by atoms with Gasteiger partial charge < -0.3 is 14.0 Å². The van der Waals surface area contributed by atoms with Crippen molar-refractivity contribution < 1.29 is 17.9 Å². The lowest BCUT2D eigenvalue weighted by atomic mass is 10.3. The molecule has 1 aliphatic rings. The van der Waals surface area contributed by atoms with Crippen molar-refractivity contribution in [3.8, 4) is 5.75 Å². The monoisotopic (exact) mass is 481 g/mol. The van der Waals surface area contributed by atoms with Crippen LogP contribution in [-0.4, -0.2) is 60.9 Å². The Morgan fingerprint density at radius 2 is 1.97 bits per heavy atom. The second-order valence-electron chi connectivity index (χ2n) is 6.93. The van der Waals surface area contributed by atoms with Crippen LogP contribution in [0.25, 0.3) is 11.0 Å². The van der Waals surface area contributed by atoms with Crippen molar-refractivity contribution in [3.05, 3.63) is 47.5 Å². The summed E-state index contributed by atoms with van der Waals surface area (Å²) in [7, 11) is -3.55. The van der Waals surface area contributed by atoms with E-state index in [1.165, 1.54) is 4.31 Å². The van der Waals surface area contributed by atoms with Crippen LogP contribution in [0.4, 0.5) is 0 Å². The van der Waals surface area contributed by atoms with Gasteiger partial charge in [-0.05, 0) is 37.3 Å². The van der Waals surface area contributed by atoms with E-state index in [-0.39, 0.29) is 4.90 Å². The van der Waals surface area contributed by atoms with E-state index < -0.39 is 10.0 Å². The van der Waals surface area contributed by atoms with Gasteiger partial charge in [-0.1, -0.05) is 35.5 Å². The zero-order chi connectivity index (χ0) is 21.8. The Bertz CT molecular complexity index is 1160. The van der Waals surface area contributed by atoms with Crippen molar-refractivity contribution >= 4 is 44.4 Å². The summed E-state index contributed by atoms with van der Waals surface area (Å²) >= 11 is 7.69. The number of sulfonamides is 1. The normalized spacial score (nSPS) is 15.4. The van der Waals surface area contributed by atoms with Crippen molar-refractivity contribution in [2.75, 3.05) is 38.7 Å². The molecule has 1 aliphatic heterocycles. The third kappa shape index (κ3) is 4.85. The van der Waals surface area contributed by atoms with E-state index >= 15 is 0 Å². The Balaban J connectivity index is 1.50. The molecule has 166 valence electrons. The fourth-order valence-corrected chi connectivity index (χ4v) is 5.96. The summed E-state index contributed by atoms with van der Waals surface area (Å²) in [4.78, 5) is 4.97. The number of nitrogens with zero attached hydrogens (tertiary/aromatic N) is 3. The minimum absolute atomic E-state index is 0.265. The maximum absolute atomic E-state index is 13.0. The highest BCUT2D eigenvalue weighted by Gasteiger charge is 2.27. The molecule has 7 nitrogen and oxygen atoms in total. The highest BCUT2D eigenvalue weighted by molar-refractivity contribution is 7.99. The number of halogens is 1. The van der Waals surface area contributed by atoms with Gasteiger partial charge in [-0.2, -0.15) is 4.31 Å². The van der Waals surface area contributed by atoms with Crippen molar-refractivity contribution in [3.63, 3.8) is 0 Å². The first-order valence-electron chi connectivity index (χ1n) is 10.1. The Hall–Kier alpha value is -1.78. The minimum Gasteiger partial charge on any atom is -0.491 e. The second-order valence-corrected chi connectivity index (χ2v) is 10.3. The molecule has 0 spiro atoms. The Morgan fingerprint density at radius 3 is 2.71 bits per heavy atom. The molecule has 0 bridgehead atoms. The number of hydrogen-bond acceptors (Lipinski definition) is 6. The molecule has 4 rings (SSSR count). The van der Waals surface area contributed by atoms with Gasteiger partial charge in [-0.3, -0.25) is 0 Å². The molecule has 2 heterocycles. The van der Waals surface area contributed by atoms with E-state index in [9.17, 15) is 8.42 Å². The molecule has 2 aromatic carbocycles. The predicted molar refractivity (Wildman–Crippen MR) is 123 cm³/mol. The number of rotatable bonds is 8. The molecule has 0 saturated carbocycles. The third-order valence-electron chi connectivity index (χ3n) is 5.02. The molecule has 0 radical (unpaired) electrons. The molecular formula is C21H24ClN3O4S2. The van der Waals surface area contributed by atoms with E-state index in [0.717, 1.165) is 17.2 Å². The lowest BCUT2D eigenvalue weighted by Gasteiger charge is -2.26. The van der Waals surface area contributed by atoms with Crippen LogP contribution < -0.4 is 4.74 Å². The molecule has 1 fully saturated rings. The highest BCUT2D eigenvalue weighted by Crippen LogP contribution is 2.28. The molecular weight excluding hydrogens is 458 g/mol. The molecule has 0 atom stereocenters. The van der Waals surface area contributed by atoms with Gasteiger partial charge in [0, 0.05) is 25.4 Å². The first kappa shape index (κ1) is 22.4. The Labute approximate surface area is 191 Å². The van der Waals surface area contributed by atoms with Gasteiger partial charge in [-0.25, -0.2) is 13.4 Å². The number of thioether (sulfide) groups is 1. The smallest absolute Gasteiger partial charge is 0.243 e. The molecule has 10 heteroatoms. The van der Waals surface area contributed by atoms with Crippen molar-refractivity contribution in [1.82, 2.24) is 13.9 Å². The number of imidazole rings is 1. The van der Waals surface area contributed by atoms with Crippen molar-refractivity contribution in [2.24, 2.45) is 0 Å². The standard InChI is InChI=1S/C21H24ClN3O4S2/c1-2-25-19-8-7-16(31(26,27)24-9-11-28-12-10-24)15-18(19)23-21(25)30-14-13-29-20-6-4-3-5-17(20)22/h3-8,15H,2,9-14H2,1H3. The third-order valence-corrected chi connectivity index (χ3v) is 8.16. The van der Waals surface area contributed by atoms with Crippen molar-refractivity contribution in [2.45, 2.75) is 23.5 Å². The Kier molecular flexibility index (Phi) is 7.08. The quantitative estimate of drug-likeness (QED) is 0.359. The van der Waals surface area contributed by atoms with E-state index in [0.29, 0.717) is 55.0 Å². The van der Waals surface area contributed by atoms with Crippen LogP contribution in [0, 0.1) is 0 Å². The summed E-state index contributed by atoms with van der Waals surface area (Å²) in [5.74, 6) is 1.35. The average Bonchev–Trinajstić information content (AvgIpc) is 3.15. The topological polar surface area (TPSA) is 73.7 Å². The summed E-state index contributed by atoms with van der Waals surface area (Å²) in [5, 5.41) is 1.42. The summed E-state index contributed by atoms with van der Waals surface area (Å²) in [6.45, 7) is 4.85. The number of fused-ring (bicyclic) bond motifs is 1. The summed E-state index contributed by atoms with van der Waals surface area (Å²) in [5.41, 5.74) is 1.59. The van der Waals surface area contributed by atoms with Crippen LogP contribution in [0.15, 0.2) is 52.5 Å². The van der Waals surface area contributed by atoms with Crippen LogP contribution in [0.1, 0.15) is 6.92 Å². The predicted octanol–water partition coefficient (Wildman–Crippen LogP) is 3.90. The first-order chi connectivity index (χ1) is 15.0. The zero-order valence-corrected chi connectivity index (χ0v) is 19.5. The first-order valence-corrected chi connectivity index (χ1v) is 12.9. The van der Waals surface area contributed by atoms with E-state index in [4.69, 9.17) is 26.1 Å². The Morgan fingerprint density at radius 1 is 1.19 bits per heavy atom. The number of morpholine rings is 1. The number of aryl methyl sites for hydroxylation is 1. The number of hydrogen-bond donors (Lipinski definition) is 0. The van der Waals surface area contributed by atoms with E-state index in [1.54, 1.807) is 30.0 Å². The van der Waals surface area contributed by atoms with Crippen LogP contribution in [0.3, 0.4) is 0 Å². The molecule has 0 unspecified atom stereocenters. The molecule has 0 amide bonds. The second kappa shape index (κ2) is 9.79. The van der Waals surface area contributed by atoms with Gasteiger partial charge >= 0.3 is 0 Å². The maximum Gasteiger partial charge on any atom is 0.243 e. The van der Waals surface area contributed by atoms with Crippen LogP contribution in [-0.2, 0) is 21.3 Å². The van der Waals surface area contributed by atoms with Gasteiger partial charge in [0.15, 0.2) is 5.16 Å². The molecule has 1 saturated heterocycles. The van der Waals surface area contributed by atoms with E-state index in [2.05, 4.69) is 4.57 Å². The molecule has 3 aromatic rings. The SMILES string of the molecule is CCn1c(SCCOc2ccccc2Cl)nc2cc(S(=O)(=O)N3CCOCC3)ccc21. The number of para-hydroxylation sites is 1. The number of aromatic nitrogens is 2. The van der Waals surface area contributed by atoms with Gasteiger partial charge in [0.05, 0.1) is 40.8 Å². The lowest BCUT2D eigenvalue weighted by molar-refractivity contribution is 0.0730. The van der Waals surface area contributed by atoms with Crippen LogP contribution in [0.2, 0.25) is 5.02 Å². The maximum atomic E-state index is 13.0. The summed E-state index contributed by atoms with van der Waals surface area (Å²) in [6, 6.07) is 12.5. The molecule has 31 heavy (non-hydrogen) atoms. The number of benzene rings is 2. The zero-order valence-electron chi connectivity index (χ0n) is 17.2. The van der Waals surface area contributed by atoms with E-state index in [1.807, 2.05) is 31.2 Å². The van der Waals surface area contributed by atoms with Gasteiger partial charge in [-0.15, -0.1) is 0 Å².